The van der Waals surface area contributed by atoms with Gasteiger partial charge in [0, 0.05) is 4.88 Å². The van der Waals surface area contributed by atoms with Gasteiger partial charge in [-0.05, 0) is 80.2 Å². The molecule has 0 spiro atoms. The van der Waals surface area contributed by atoms with Crippen molar-refractivity contribution >= 4 is 22.2 Å². The molecule has 1 N–H and O–H groups in total. The minimum Gasteiger partial charge on any atom is -0.484 e. The molecule has 5 heteroatoms. The summed E-state index contributed by atoms with van der Waals surface area (Å²) in [5.41, 5.74) is 4.52. The SMILES string of the molecule is N#Cc1c(NC(=O)COc2ccc3c(c2)CCCC3)sc2c1CCCC2. The van der Waals surface area contributed by atoms with Gasteiger partial charge in [0.05, 0.1) is 5.56 Å². The van der Waals surface area contributed by atoms with Gasteiger partial charge in [-0.1, -0.05) is 6.07 Å². The van der Waals surface area contributed by atoms with Crippen LogP contribution in [0.25, 0.3) is 0 Å². The lowest BCUT2D eigenvalue weighted by atomic mass is 9.92. The number of carbonyl (C=O) groups excluding carboxylic acids is 1. The number of carbonyl (C=O) groups is 1. The van der Waals surface area contributed by atoms with Crippen LogP contribution < -0.4 is 10.1 Å². The van der Waals surface area contributed by atoms with Gasteiger partial charge in [-0.3, -0.25) is 4.79 Å². The fraction of sp³-hybridized carbons (Fsp3) is 0.429. The Kier molecular flexibility index (Phi) is 4.94. The number of benzene rings is 1. The average molecular weight is 366 g/mol. The number of aryl methyl sites for hydroxylation is 3. The van der Waals surface area contributed by atoms with E-state index in [1.54, 1.807) is 11.3 Å². The largest absolute Gasteiger partial charge is 0.484 e. The van der Waals surface area contributed by atoms with E-state index in [9.17, 15) is 10.1 Å². The summed E-state index contributed by atoms with van der Waals surface area (Å²) in [6, 6.07) is 8.39. The Labute approximate surface area is 157 Å². The van der Waals surface area contributed by atoms with Crippen LogP contribution in [0.1, 0.15) is 52.8 Å². The van der Waals surface area contributed by atoms with E-state index in [4.69, 9.17) is 4.74 Å². The molecule has 4 rings (SSSR count). The molecule has 26 heavy (non-hydrogen) atoms. The first-order chi connectivity index (χ1) is 12.7. The molecule has 0 atom stereocenters. The molecule has 0 aliphatic heterocycles. The Hall–Kier alpha value is -2.32. The van der Waals surface area contributed by atoms with Crippen molar-refractivity contribution in [2.45, 2.75) is 51.4 Å². The Morgan fingerprint density at radius 2 is 1.88 bits per heavy atom. The van der Waals surface area contributed by atoms with E-state index in [-0.39, 0.29) is 12.5 Å². The van der Waals surface area contributed by atoms with Gasteiger partial charge in [0.15, 0.2) is 6.61 Å². The van der Waals surface area contributed by atoms with Crippen molar-refractivity contribution in [2.75, 3.05) is 11.9 Å². The third-order valence-corrected chi connectivity index (χ3v) is 6.43. The van der Waals surface area contributed by atoms with Crippen LogP contribution in [-0.2, 0) is 30.5 Å². The van der Waals surface area contributed by atoms with Gasteiger partial charge in [-0.25, -0.2) is 0 Å². The van der Waals surface area contributed by atoms with E-state index in [1.165, 1.54) is 28.8 Å². The second kappa shape index (κ2) is 7.51. The molecular formula is C21H22N2O2S. The standard InChI is InChI=1S/C21H22N2O2S/c22-12-18-17-7-3-4-8-19(17)26-21(18)23-20(24)13-25-16-10-9-14-5-1-2-6-15(14)11-16/h9-11H,1-8,13H2,(H,23,24). The number of nitriles is 1. The van der Waals surface area contributed by atoms with Crippen molar-refractivity contribution in [3.63, 3.8) is 0 Å². The number of anilines is 1. The summed E-state index contributed by atoms with van der Waals surface area (Å²) in [6.45, 7) is -0.0355. The highest BCUT2D eigenvalue weighted by molar-refractivity contribution is 7.16. The normalized spacial score (nSPS) is 15.5. The Balaban J connectivity index is 1.40. The van der Waals surface area contributed by atoms with Crippen LogP contribution in [0.3, 0.4) is 0 Å². The van der Waals surface area contributed by atoms with Crippen molar-refractivity contribution in [3.8, 4) is 11.8 Å². The number of ether oxygens (including phenoxy) is 1. The third kappa shape index (κ3) is 3.47. The zero-order valence-electron chi connectivity index (χ0n) is 14.8. The molecule has 0 saturated carbocycles. The molecule has 0 saturated heterocycles. The number of rotatable bonds is 4. The van der Waals surface area contributed by atoms with Gasteiger partial charge in [0.2, 0.25) is 0 Å². The number of hydrogen-bond donors (Lipinski definition) is 1. The van der Waals surface area contributed by atoms with Crippen LogP contribution in [0, 0.1) is 11.3 Å². The first-order valence-electron chi connectivity index (χ1n) is 9.33. The number of hydrogen-bond acceptors (Lipinski definition) is 4. The highest BCUT2D eigenvalue weighted by Gasteiger charge is 2.22. The zero-order chi connectivity index (χ0) is 17.9. The molecule has 0 radical (unpaired) electrons. The molecule has 1 amide bonds. The lowest BCUT2D eigenvalue weighted by molar-refractivity contribution is -0.118. The van der Waals surface area contributed by atoms with E-state index in [2.05, 4.69) is 23.5 Å². The van der Waals surface area contributed by atoms with Gasteiger partial charge in [-0.15, -0.1) is 11.3 Å². The number of thiophene rings is 1. The number of nitrogens with zero attached hydrogens (tertiary/aromatic N) is 1. The lowest BCUT2D eigenvalue weighted by Crippen LogP contribution is -2.20. The Bertz CT molecular complexity index is 879. The molecule has 2 aliphatic carbocycles. The number of nitrogens with one attached hydrogen (secondary N) is 1. The maximum absolute atomic E-state index is 12.3. The molecule has 0 fully saturated rings. The van der Waals surface area contributed by atoms with Crippen LogP contribution in [0.4, 0.5) is 5.00 Å². The molecule has 134 valence electrons. The minimum atomic E-state index is -0.210. The number of fused-ring (bicyclic) bond motifs is 2. The summed E-state index contributed by atoms with van der Waals surface area (Å²) in [5.74, 6) is 0.532. The third-order valence-electron chi connectivity index (χ3n) is 5.23. The highest BCUT2D eigenvalue weighted by atomic mass is 32.1. The summed E-state index contributed by atoms with van der Waals surface area (Å²) in [6.07, 6.45) is 8.92. The van der Waals surface area contributed by atoms with Crippen molar-refractivity contribution in [1.29, 1.82) is 5.26 Å². The second-order valence-electron chi connectivity index (χ2n) is 7.00. The summed E-state index contributed by atoms with van der Waals surface area (Å²) < 4.78 is 5.69. The molecule has 2 aromatic rings. The Morgan fingerprint density at radius 3 is 2.73 bits per heavy atom. The van der Waals surface area contributed by atoms with Crippen molar-refractivity contribution in [2.24, 2.45) is 0 Å². The minimum absolute atomic E-state index is 0.0355. The van der Waals surface area contributed by atoms with Crippen LogP contribution in [-0.4, -0.2) is 12.5 Å². The molecule has 2 aliphatic rings. The molecule has 1 aromatic carbocycles. The van der Waals surface area contributed by atoms with E-state index < -0.39 is 0 Å². The van der Waals surface area contributed by atoms with Crippen molar-refractivity contribution < 1.29 is 9.53 Å². The van der Waals surface area contributed by atoms with E-state index in [0.717, 1.165) is 49.8 Å². The van der Waals surface area contributed by atoms with Crippen LogP contribution in [0.5, 0.6) is 5.75 Å². The monoisotopic (exact) mass is 366 g/mol. The number of amides is 1. The van der Waals surface area contributed by atoms with Crippen molar-refractivity contribution in [1.82, 2.24) is 0 Å². The van der Waals surface area contributed by atoms with Crippen LogP contribution in [0.15, 0.2) is 18.2 Å². The first-order valence-corrected chi connectivity index (χ1v) is 10.2. The molecule has 0 bridgehead atoms. The van der Waals surface area contributed by atoms with Gasteiger partial charge in [0.1, 0.15) is 16.8 Å². The molecule has 1 aromatic heterocycles. The Morgan fingerprint density at radius 1 is 1.12 bits per heavy atom. The smallest absolute Gasteiger partial charge is 0.262 e. The summed E-state index contributed by atoms with van der Waals surface area (Å²) in [4.78, 5) is 13.6. The predicted octanol–water partition coefficient (Wildman–Crippen LogP) is 4.39. The first kappa shape index (κ1) is 17.1. The van der Waals surface area contributed by atoms with Gasteiger partial charge < -0.3 is 10.1 Å². The van der Waals surface area contributed by atoms with Gasteiger partial charge in [0.25, 0.3) is 5.91 Å². The molecule has 0 unspecified atom stereocenters. The maximum Gasteiger partial charge on any atom is 0.262 e. The topological polar surface area (TPSA) is 62.1 Å². The summed E-state index contributed by atoms with van der Waals surface area (Å²) in [7, 11) is 0. The molecule has 1 heterocycles. The molecular weight excluding hydrogens is 344 g/mol. The van der Waals surface area contributed by atoms with Crippen LogP contribution in [0.2, 0.25) is 0 Å². The van der Waals surface area contributed by atoms with Crippen LogP contribution >= 0.6 is 11.3 Å². The van der Waals surface area contributed by atoms with Gasteiger partial charge in [-0.2, -0.15) is 5.26 Å². The summed E-state index contributed by atoms with van der Waals surface area (Å²) >= 11 is 1.55. The zero-order valence-corrected chi connectivity index (χ0v) is 15.6. The molecule has 4 nitrogen and oxygen atoms in total. The van der Waals surface area contributed by atoms with E-state index >= 15 is 0 Å². The summed E-state index contributed by atoms with van der Waals surface area (Å²) in [5, 5.41) is 13.0. The second-order valence-corrected chi connectivity index (χ2v) is 8.11. The quantitative estimate of drug-likeness (QED) is 0.873. The van der Waals surface area contributed by atoms with E-state index in [1.807, 2.05) is 6.07 Å². The van der Waals surface area contributed by atoms with Crippen molar-refractivity contribution in [3.05, 3.63) is 45.3 Å². The maximum atomic E-state index is 12.3. The van der Waals surface area contributed by atoms with Gasteiger partial charge >= 0.3 is 0 Å². The lowest BCUT2D eigenvalue weighted by Gasteiger charge is -2.16. The fourth-order valence-corrected chi connectivity index (χ4v) is 5.14. The highest BCUT2D eigenvalue weighted by Crippen LogP contribution is 2.37. The van der Waals surface area contributed by atoms with E-state index in [0.29, 0.717) is 10.6 Å². The predicted molar refractivity (Wildman–Crippen MR) is 103 cm³/mol. The fourth-order valence-electron chi connectivity index (χ4n) is 3.88. The average Bonchev–Trinajstić information content (AvgIpc) is 3.03.